The summed E-state index contributed by atoms with van der Waals surface area (Å²) in [5.41, 5.74) is 1.20. The average molecular weight is 317 g/mol. The molecule has 0 unspecified atom stereocenters. The molecule has 1 aromatic heterocycles. The van der Waals surface area contributed by atoms with Crippen molar-refractivity contribution in [1.82, 2.24) is 15.2 Å². The molecule has 0 aliphatic carbocycles. The Bertz CT molecular complexity index is 549. The molecule has 124 valence electrons. The Morgan fingerprint density at radius 1 is 1.30 bits per heavy atom. The van der Waals surface area contributed by atoms with Crippen molar-refractivity contribution in [2.45, 2.75) is 31.7 Å². The molecule has 1 aromatic rings. The van der Waals surface area contributed by atoms with E-state index in [1.807, 2.05) is 12.1 Å². The third-order valence-corrected chi connectivity index (χ3v) is 4.55. The van der Waals surface area contributed by atoms with E-state index >= 15 is 0 Å². The lowest BCUT2D eigenvalue weighted by molar-refractivity contribution is -0.138. The van der Waals surface area contributed by atoms with Crippen LogP contribution in [0, 0.1) is 5.92 Å². The van der Waals surface area contributed by atoms with Crippen molar-refractivity contribution in [1.29, 1.82) is 0 Å². The fourth-order valence-electron chi connectivity index (χ4n) is 3.24. The second kappa shape index (κ2) is 7.55. The molecule has 0 saturated carbocycles. The number of nitrogens with one attached hydrogen (secondary N) is 1. The van der Waals surface area contributed by atoms with Gasteiger partial charge in [-0.15, -0.1) is 0 Å². The number of aromatic nitrogens is 1. The number of carbonyl (C=O) groups excluding carboxylic acids is 2. The zero-order chi connectivity index (χ0) is 16.1. The van der Waals surface area contributed by atoms with Gasteiger partial charge in [0.2, 0.25) is 11.8 Å². The van der Waals surface area contributed by atoms with Gasteiger partial charge in [-0.2, -0.15) is 0 Å². The number of hydrogen-bond acceptors (Lipinski definition) is 4. The summed E-state index contributed by atoms with van der Waals surface area (Å²) in [5, 5.41) is 3.04. The van der Waals surface area contributed by atoms with Crippen LogP contribution in [0.4, 0.5) is 0 Å². The predicted octanol–water partition coefficient (Wildman–Crippen LogP) is 0.768. The van der Waals surface area contributed by atoms with Crippen molar-refractivity contribution in [3.63, 3.8) is 0 Å². The molecule has 0 spiro atoms. The number of piperidine rings is 1. The van der Waals surface area contributed by atoms with Gasteiger partial charge in [-0.1, -0.05) is 0 Å². The number of ether oxygens (including phenoxy) is 1. The Kier molecular flexibility index (Phi) is 5.23. The maximum Gasteiger partial charge on any atom is 0.239 e. The zero-order valence-corrected chi connectivity index (χ0v) is 13.2. The van der Waals surface area contributed by atoms with Crippen molar-refractivity contribution >= 4 is 11.8 Å². The summed E-state index contributed by atoms with van der Waals surface area (Å²) < 4.78 is 5.54. The highest BCUT2D eigenvalue weighted by molar-refractivity contribution is 5.85. The summed E-state index contributed by atoms with van der Waals surface area (Å²) in [5.74, 6) is 0.260. The molecule has 0 bridgehead atoms. The summed E-state index contributed by atoms with van der Waals surface area (Å²) in [6.45, 7) is 2.04. The topological polar surface area (TPSA) is 71.5 Å². The van der Waals surface area contributed by atoms with Crippen molar-refractivity contribution in [3.8, 4) is 0 Å². The van der Waals surface area contributed by atoms with Crippen molar-refractivity contribution in [2.24, 2.45) is 5.92 Å². The second-order valence-electron chi connectivity index (χ2n) is 6.30. The van der Waals surface area contributed by atoms with Gasteiger partial charge in [0.25, 0.3) is 0 Å². The van der Waals surface area contributed by atoms with E-state index in [4.69, 9.17) is 4.74 Å². The highest BCUT2D eigenvalue weighted by Gasteiger charge is 2.30. The molecular weight excluding hydrogens is 294 g/mol. The Morgan fingerprint density at radius 3 is 2.91 bits per heavy atom. The number of likely N-dealkylation sites (tertiary alicyclic amines) is 1. The van der Waals surface area contributed by atoms with Crippen LogP contribution in [-0.4, -0.2) is 54.0 Å². The van der Waals surface area contributed by atoms with E-state index in [0.717, 1.165) is 19.3 Å². The summed E-state index contributed by atoms with van der Waals surface area (Å²) in [4.78, 5) is 29.7. The van der Waals surface area contributed by atoms with E-state index in [1.165, 1.54) is 5.56 Å². The van der Waals surface area contributed by atoms with Gasteiger partial charge in [0.05, 0.1) is 25.8 Å². The van der Waals surface area contributed by atoms with Crippen LogP contribution in [0.3, 0.4) is 0 Å². The smallest absolute Gasteiger partial charge is 0.239 e. The zero-order valence-electron chi connectivity index (χ0n) is 13.2. The maximum absolute atomic E-state index is 12.2. The fourth-order valence-corrected chi connectivity index (χ4v) is 3.24. The summed E-state index contributed by atoms with van der Waals surface area (Å²) >= 11 is 0. The molecule has 2 atom stereocenters. The number of hydrogen-bond donors (Lipinski definition) is 1. The van der Waals surface area contributed by atoms with E-state index in [1.54, 1.807) is 17.3 Å². The second-order valence-corrected chi connectivity index (χ2v) is 6.30. The van der Waals surface area contributed by atoms with Gasteiger partial charge in [0.15, 0.2) is 0 Å². The van der Waals surface area contributed by atoms with Crippen LogP contribution >= 0.6 is 0 Å². The standard InChI is InChI=1S/C17H23N3O3/c21-16(10-20-8-2-1-3-17(20)22)19-15-12-23-11-14(15)9-13-4-6-18-7-5-13/h4-7,14-15H,1-3,8-12H2,(H,19,21)/t14-,15-/m1/s1. The SMILES string of the molecule is O=C(CN1CCCCC1=O)N[C@@H]1COC[C@H]1Cc1ccncc1. The minimum absolute atomic E-state index is 0.00978. The highest BCUT2D eigenvalue weighted by Crippen LogP contribution is 2.19. The van der Waals surface area contributed by atoms with Gasteiger partial charge in [-0.3, -0.25) is 14.6 Å². The van der Waals surface area contributed by atoms with Crippen LogP contribution < -0.4 is 5.32 Å². The number of carbonyl (C=O) groups is 2. The van der Waals surface area contributed by atoms with Gasteiger partial charge < -0.3 is 15.0 Å². The molecule has 1 N–H and O–H groups in total. The molecule has 2 fully saturated rings. The van der Waals surface area contributed by atoms with Gasteiger partial charge in [0, 0.05) is 31.3 Å². The quantitative estimate of drug-likeness (QED) is 0.871. The molecule has 0 aromatic carbocycles. The summed E-state index contributed by atoms with van der Waals surface area (Å²) in [6.07, 6.45) is 6.89. The minimum Gasteiger partial charge on any atom is -0.379 e. The minimum atomic E-state index is -0.0875. The molecule has 0 radical (unpaired) electrons. The first-order valence-corrected chi connectivity index (χ1v) is 8.26. The van der Waals surface area contributed by atoms with Gasteiger partial charge in [-0.25, -0.2) is 0 Å². The number of amides is 2. The van der Waals surface area contributed by atoms with Crippen LogP contribution in [0.1, 0.15) is 24.8 Å². The Morgan fingerprint density at radius 2 is 2.13 bits per heavy atom. The first-order chi connectivity index (χ1) is 11.2. The van der Waals surface area contributed by atoms with E-state index in [-0.39, 0.29) is 30.3 Å². The highest BCUT2D eigenvalue weighted by atomic mass is 16.5. The molecule has 2 saturated heterocycles. The monoisotopic (exact) mass is 317 g/mol. The molecule has 2 amide bonds. The number of nitrogens with zero attached hydrogens (tertiary/aromatic N) is 2. The van der Waals surface area contributed by atoms with Crippen LogP contribution in [-0.2, 0) is 20.7 Å². The number of pyridine rings is 1. The molecule has 3 rings (SSSR count). The molecule has 3 heterocycles. The van der Waals surface area contributed by atoms with Crippen molar-refractivity contribution in [2.75, 3.05) is 26.3 Å². The third-order valence-electron chi connectivity index (χ3n) is 4.55. The molecular formula is C17H23N3O3. The van der Waals surface area contributed by atoms with Gasteiger partial charge in [0.1, 0.15) is 0 Å². The lowest BCUT2D eigenvalue weighted by Gasteiger charge is -2.27. The molecule has 6 nitrogen and oxygen atoms in total. The van der Waals surface area contributed by atoms with E-state index < -0.39 is 0 Å². The fraction of sp³-hybridized carbons (Fsp3) is 0.588. The molecule has 2 aliphatic heterocycles. The maximum atomic E-state index is 12.2. The molecule has 2 aliphatic rings. The van der Waals surface area contributed by atoms with E-state index in [9.17, 15) is 9.59 Å². The summed E-state index contributed by atoms with van der Waals surface area (Å²) in [7, 11) is 0. The summed E-state index contributed by atoms with van der Waals surface area (Å²) in [6, 6.07) is 3.99. The first-order valence-electron chi connectivity index (χ1n) is 8.26. The Hall–Kier alpha value is -1.95. The van der Waals surface area contributed by atoms with Crippen LogP contribution in [0.2, 0.25) is 0 Å². The van der Waals surface area contributed by atoms with E-state index in [2.05, 4.69) is 10.3 Å². The van der Waals surface area contributed by atoms with Gasteiger partial charge >= 0.3 is 0 Å². The average Bonchev–Trinajstić information content (AvgIpc) is 2.97. The lowest BCUT2D eigenvalue weighted by atomic mass is 9.95. The van der Waals surface area contributed by atoms with Crippen molar-refractivity contribution in [3.05, 3.63) is 30.1 Å². The molecule has 23 heavy (non-hydrogen) atoms. The third kappa shape index (κ3) is 4.28. The largest absolute Gasteiger partial charge is 0.379 e. The van der Waals surface area contributed by atoms with Crippen LogP contribution in [0.25, 0.3) is 0 Å². The Balaban J connectivity index is 1.51. The molecule has 6 heteroatoms. The van der Waals surface area contributed by atoms with Crippen molar-refractivity contribution < 1.29 is 14.3 Å². The van der Waals surface area contributed by atoms with E-state index in [0.29, 0.717) is 26.2 Å². The number of rotatable bonds is 5. The Labute approximate surface area is 136 Å². The lowest BCUT2D eigenvalue weighted by Crippen LogP contribution is -2.47. The van der Waals surface area contributed by atoms with Crippen LogP contribution in [0.5, 0.6) is 0 Å². The van der Waals surface area contributed by atoms with Gasteiger partial charge in [-0.05, 0) is 37.0 Å². The van der Waals surface area contributed by atoms with Crippen LogP contribution in [0.15, 0.2) is 24.5 Å². The normalized spacial score (nSPS) is 24.7. The first kappa shape index (κ1) is 15.9. The predicted molar refractivity (Wildman–Crippen MR) is 84.6 cm³/mol.